The van der Waals surface area contributed by atoms with E-state index < -0.39 is 21.8 Å². The van der Waals surface area contributed by atoms with Crippen molar-refractivity contribution in [2.75, 3.05) is 26.6 Å². The Morgan fingerprint density at radius 3 is 2.45 bits per heavy atom. The molecule has 0 aliphatic carbocycles. The fraction of sp³-hybridized carbons (Fsp3) is 0.500. The Kier molecular flexibility index (Phi) is 6.63. The SMILES string of the molecule is COc1ccc(S(=O)(=O)CCC(=O)NC(C)CO)cc1OC. The third kappa shape index (κ3) is 4.88. The number of benzene rings is 1. The Morgan fingerprint density at radius 1 is 1.27 bits per heavy atom. The molecule has 0 aliphatic heterocycles. The fourth-order valence-corrected chi connectivity index (χ4v) is 3.00. The van der Waals surface area contributed by atoms with Crippen molar-refractivity contribution < 1.29 is 27.8 Å². The first-order valence-corrected chi connectivity index (χ1v) is 8.34. The van der Waals surface area contributed by atoms with Gasteiger partial charge in [0.15, 0.2) is 21.3 Å². The maximum absolute atomic E-state index is 12.2. The maximum atomic E-state index is 12.2. The topological polar surface area (TPSA) is 102 Å². The number of nitrogens with one attached hydrogen (secondary N) is 1. The molecule has 0 spiro atoms. The molecule has 0 heterocycles. The number of carbonyl (C=O) groups excluding carboxylic acids is 1. The second kappa shape index (κ2) is 8.00. The molecule has 0 saturated heterocycles. The third-order valence-corrected chi connectivity index (χ3v) is 4.71. The molecule has 0 radical (unpaired) electrons. The van der Waals surface area contributed by atoms with Crippen molar-refractivity contribution >= 4 is 15.7 Å². The van der Waals surface area contributed by atoms with E-state index in [1.165, 1.54) is 32.4 Å². The number of aliphatic hydroxyl groups is 1. The van der Waals surface area contributed by atoms with Gasteiger partial charge in [0.25, 0.3) is 0 Å². The van der Waals surface area contributed by atoms with Crippen molar-refractivity contribution in [3.63, 3.8) is 0 Å². The predicted molar refractivity (Wildman–Crippen MR) is 80.9 cm³/mol. The fourth-order valence-electron chi connectivity index (χ4n) is 1.75. The van der Waals surface area contributed by atoms with Crippen LogP contribution < -0.4 is 14.8 Å². The summed E-state index contributed by atoms with van der Waals surface area (Å²) in [5, 5.41) is 11.3. The molecule has 1 unspecified atom stereocenters. The van der Waals surface area contributed by atoms with Crippen LogP contribution in [0.2, 0.25) is 0 Å². The zero-order chi connectivity index (χ0) is 16.8. The van der Waals surface area contributed by atoms with E-state index in [2.05, 4.69) is 5.32 Å². The number of aliphatic hydroxyl groups excluding tert-OH is 1. The van der Waals surface area contributed by atoms with Crippen LogP contribution in [-0.4, -0.2) is 52.1 Å². The Bertz CT molecular complexity index is 614. The second-order valence-corrected chi connectivity index (χ2v) is 6.85. The first kappa shape index (κ1) is 18.2. The average molecular weight is 331 g/mol. The zero-order valence-corrected chi connectivity index (χ0v) is 13.6. The summed E-state index contributed by atoms with van der Waals surface area (Å²) in [4.78, 5) is 11.6. The highest BCUT2D eigenvalue weighted by Crippen LogP contribution is 2.29. The van der Waals surface area contributed by atoms with Crippen molar-refractivity contribution in [3.05, 3.63) is 18.2 Å². The van der Waals surface area contributed by atoms with Gasteiger partial charge >= 0.3 is 0 Å². The van der Waals surface area contributed by atoms with Crippen LogP contribution >= 0.6 is 0 Å². The summed E-state index contributed by atoms with van der Waals surface area (Å²) in [6.45, 7) is 1.43. The lowest BCUT2D eigenvalue weighted by Gasteiger charge is -2.12. The van der Waals surface area contributed by atoms with Crippen molar-refractivity contribution in [3.8, 4) is 11.5 Å². The van der Waals surface area contributed by atoms with Gasteiger partial charge in [0, 0.05) is 18.5 Å². The van der Waals surface area contributed by atoms with Gasteiger partial charge in [-0.05, 0) is 19.1 Å². The van der Waals surface area contributed by atoms with Gasteiger partial charge in [-0.3, -0.25) is 4.79 Å². The van der Waals surface area contributed by atoms with E-state index in [9.17, 15) is 13.2 Å². The number of amides is 1. The number of sulfone groups is 1. The molecule has 1 aromatic rings. The first-order valence-electron chi connectivity index (χ1n) is 6.69. The molecule has 1 rings (SSSR count). The number of hydrogen-bond acceptors (Lipinski definition) is 6. The van der Waals surface area contributed by atoms with Gasteiger partial charge in [-0.15, -0.1) is 0 Å². The monoisotopic (exact) mass is 331 g/mol. The molecule has 0 fully saturated rings. The van der Waals surface area contributed by atoms with Crippen molar-refractivity contribution in [1.82, 2.24) is 5.32 Å². The van der Waals surface area contributed by atoms with E-state index >= 15 is 0 Å². The van der Waals surface area contributed by atoms with E-state index in [1.54, 1.807) is 6.92 Å². The molecule has 2 N–H and O–H groups in total. The Morgan fingerprint density at radius 2 is 1.91 bits per heavy atom. The molecule has 0 aromatic heterocycles. The van der Waals surface area contributed by atoms with Crippen LogP contribution in [0.1, 0.15) is 13.3 Å². The van der Waals surface area contributed by atoms with Crippen LogP contribution in [0.3, 0.4) is 0 Å². The zero-order valence-electron chi connectivity index (χ0n) is 12.8. The number of hydrogen-bond donors (Lipinski definition) is 2. The summed E-state index contributed by atoms with van der Waals surface area (Å²) in [7, 11) is -0.743. The molecule has 1 atom stereocenters. The van der Waals surface area contributed by atoms with Gasteiger partial charge in [-0.1, -0.05) is 0 Å². The minimum Gasteiger partial charge on any atom is -0.493 e. The highest BCUT2D eigenvalue weighted by atomic mass is 32.2. The molecular weight excluding hydrogens is 310 g/mol. The lowest BCUT2D eigenvalue weighted by atomic mass is 10.3. The summed E-state index contributed by atoms with van der Waals surface area (Å²) in [5.74, 6) is -0.0181. The molecule has 0 bridgehead atoms. The average Bonchev–Trinajstić information content (AvgIpc) is 2.52. The molecule has 0 saturated carbocycles. The van der Waals surface area contributed by atoms with E-state index in [1.807, 2.05) is 0 Å². The molecule has 7 nitrogen and oxygen atoms in total. The van der Waals surface area contributed by atoms with Crippen molar-refractivity contribution in [2.45, 2.75) is 24.3 Å². The molecular formula is C14H21NO6S. The highest BCUT2D eigenvalue weighted by Gasteiger charge is 2.19. The summed E-state index contributed by atoms with van der Waals surface area (Å²) >= 11 is 0. The van der Waals surface area contributed by atoms with E-state index in [0.717, 1.165) is 0 Å². The van der Waals surface area contributed by atoms with Gasteiger partial charge in [-0.2, -0.15) is 0 Å². The molecule has 1 amide bonds. The Balaban J connectivity index is 2.80. The standard InChI is InChI=1S/C14H21NO6S/c1-10(9-16)15-14(17)6-7-22(18,19)11-4-5-12(20-2)13(8-11)21-3/h4-5,8,10,16H,6-7,9H2,1-3H3,(H,15,17). The van der Waals surface area contributed by atoms with Crippen LogP contribution in [0.25, 0.3) is 0 Å². The van der Waals surface area contributed by atoms with E-state index in [0.29, 0.717) is 11.5 Å². The predicted octanol–water partition coefficient (Wildman–Crippen LogP) is 0.365. The summed E-state index contributed by atoms with van der Waals surface area (Å²) in [5.41, 5.74) is 0. The van der Waals surface area contributed by atoms with Crippen LogP contribution in [-0.2, 0) is 14.6 Å². The van der Waals surface area contributed by atoms with Crippen LogP contribution in [0.15, 0.2) is 23.1 Å². The van der Waals surface area contributed by atoms with E-state index in [4.69, 9.17) is 14.6 Å². The van der Waals surface area contributed by atoms with Gasteiger partial charge in [0.2, 0.25) is 5.91 Å². The van der Waals surface area contributed by atoms with Crippen molar-refractivity contribution in [1.29, 1.82) is 0 Å². The van der Waals surface area contributed by atoms with Gasteiger partial charge in [-0.25, -0.2) is 8.42 Å². The normalized spacial score (nSPS) is 12.5. The smallest absolute Gasteiger partial charge is 0.221 e. The van der Waals surface area contributed by atoms with Crippen LogP contribution in [0.4, 0.5) is 0 Å². The summed E-state index contributed by atoms with van der Waals surface area (Å²) in [6, 6.07) is 3.86. The highest BCUT2D eigenvalue weighted by molar-refractivity contribution is 7.91. The lowest BCUT2D eigenvalue weighted by molar-refractivity contribution is -0.121. The van der Waals surface area contributed by atoms with Crippen LogP contribution in [0.5, 0.6) is 11.5 Å². The largest absolute Gasteiger partial charge is 0.493 e. The minimum absolute atomic E-state index is 0.0631. The summed E-state index contributed by atoms with van der Waals surface area (Å²) < 4.78 is 34.6. The maximum Gasteiger partial charge on any atom is 0.221 e. The summed E-state index contributed by atoms with van der Waals surface area (Å²) in [6.07, 6.45) is -0.180. The van der Waals surface area contributed by atoms with Gasteiger partial charge in [0.05, 0.1) is 31.5 Å². The van der Waals surface area contributed by atoms with Crippen LogP contribution in [0, 0.1) is 0 Å². The number of methoxy groups -OCH3 is 2. The molecule has 0 aliphatic rings. The minimum atomic E-state index is -3.61. The molecule has 1 aromatic carbocycles. The molecule has 22 heavy (non-hydrogen) atoms. The van der Waals surface area contributed by atoms with Gasteiger partial charge in [0.1, 0.15) is 0 Å². The Hall–Kier alpha value is -1.80. The Labute approximate surface area is 130 Å². The molecule has 124 valence electrons. The number of rotatable bonds is 8. The number of carbonyl (C=O) groups is 1. The lowest BCUT2D eigenvalue weighted by Crippen LogP contribution is -2.35. The molecule has 8 heteroatoms. The second-order valence-electron chi connectivity index (χ2n) is 4.74. The quantitative estimate of drug-likeness (QED) is 0.713. The van der Waals surface area contributed by atoms with Crippen molar-refractivity contribution in [2.24, 2.45) is 0 Å². The first-order chi connectivity index (χ1) is 10.3. The number of ether oxygens (including phenoxy) is 2. The third-order valence-electron chi connectivity index (χ3n) is 2.99. The van der Waals surface area contributed by atoms with E-state index in [-0.39, 0.29) is 23.7 Å². The van der Waals surface area contributed by atoms with Gasteiger partial charge < -0.3 is 19.9 Å².